The van der Waals surface area contributed by atoms with Gasteiger partial charge in [-0.25, -0.2) is 5.32 Å². The monoisotopic (exact) mass is 263 g/mol. The lowest BCUT2D eigenvalue weighted by Gasteiger charge is -2.15. The zero-order valence-corrected chi connectivity index (χ0v) is 11.8. The third-order valence-electron chi connectivity index (χ3n) is 3.11. The van der Waals surface area contributed by atoms with Crippen LogP contribution in [0.1, 0.15) is 32.3 Å². The highest BCUT2D eigenvalue weighted by atomic mass is 16.6. The fourth-order valence-corrected chi connectivity index (χ4v) is 2.14. The van der Waals surface area contributed by atoms with E-state index in [2.05, 4.69) is 12.2 Å². The lowest BCUT2D eigenvalue weighted by atomic mass is 9.96. The average Bonchev–Trinajstić information content (AvgIpc) is 2.39. The van der Waals surface area contributed by atoms with E-state index in [1.54, 1.807) is 0 Å². The Morgan fingerprint density at radius 2 is 2.00 bits per heavy atom. The van der Waals surface area contributed by atoms with Gasteiger partial charge in [-0.2, -0.15) is 0 Å². The summed E-state index contributed by atoms with van der Waals surface area (Å²) in [6.45, 7) is 5.71. The molecule has 1 rings (SSSR count). The Hall–Kier alpha value is -1.42. The maximum Gasteiger partial charge on any atom is 0.217 e. The first kappa shape index (κ1) is 15.6. The van der Waals surface area contributed by atoms with E-state index in [9.17, 15) is 10.1 Å². The summed E-state index contributed by atoms with van der Waals surface area (Å²) in [6, 6.07) is 9.16. The number of nitrogens with zero attached hydrogens (tertiary/aromatic N) is 2. The van der Waals surface area contributed by atoms with E-state index in [0.717, 1.165) is 25.1 Å². The molecule has 0 aliphatic rings. The van der Waals surface area contributed by atoms with Gasteiger partial charge in [0.1, 0.15) is 0 Å². The SMILES string of the molecule is CCC[N]CC(C)CC(Cc1ccccc1)[N+](=O)[O-]. The van der Waals surface area contributed by atoms with Crippen LogP contribution in [0, 0.1) is 16.0 Å². The van der Waals surface area contributed by atoms with Crippen molar-refractivity contribution >= 4 is 0 Å². The Balaban J connectivity index is 2.47. The zero-order chi connectivity index (χ0) is 14.1. The summed E-state index contributed by atoms with van der Waals surface area (Å²) < 4.78 is 0. The van der Waals surface area contributed by atoms with E-state index >= 15 is 0 Å². The largest absolute Gasteiger partial charge is 0.264 e. The standard InChI is InChI=1S/C15H23N2O2/c1-3-9-16-12-13(2)10-15(17(18)19)11-14-7-5-4-6-8-14/h4-8,13,15H,3,9-12H2,1-2H3. The highest BCUT2D eigenvalue weighted by molar-refractivity contribution is 5.15. The first-order chi connectivity index (χ1) is 9.13. The lowest BCUT2D eigenvalue weighted by molar-refractivity contribution is -0.524. The van der Waals surface area contributed by atoms with E-state index in [1.807, 2.05) is 37.3 Å². The Kier molecular flexibility index (Phi) is 7.11. The third kappa shape index (κ3) is 6.34. The van der Waals surface area contributed by atoms with Crippen molar-refractivity contribution in [3.8, 4) is 0 Å². The van der Waals surface area contributed by atoms with Crippen LogP contribution in [0.4, 0.5) is 0 Å². The molecule has 0 saturated carbocycles. The number of benzene rings is 1. The molecule has 0 aromatic heterocycles. The minimum atomic E-state index is -0.505. The lowest BCUT2D eigenvalue weighted by Crippen LogP contribution is -2.27. The number of nitro groups is 1. The molecule has 105 valence electrons. The Morgan fingerprint density at radius 3 is 2.58 bits per heavy atom. The van der Waals surface area contributed by atoms with Crippen molar-refractivity contribution in [2.45, 2.75) is 39.2 Å². The predicted molar refractivity (Wildman–Crippen MR) is 76.9 cm³/mol. The molecule has 0 N–H and O–H groups in total. The van der Waals surface area contributed by atoms with Gasteiger partial charge in [0.15, 0.2) is 0 Å². The summed E-state index contributed by atoms with van der Waals surface area (Å²) in [4.78, 5) is 11.0. The van der Waals surface area contributed by atoms with Gasteiger partial charge in [0.05, 0.1) is 0 Å². The maximum absolute atomic E-state index is 11.1. The van der Waals surface area contributed by atoms with E-state index in [-0.39, 0.29) is 10.8 Å². The molecule has 19 heavy (non-hydrogen) atoms. The third-order valence-corrected chi connectivity index (χ3v) is 3.11. The second-order valence-electron chi connectivity index (χ2n) is 5.10. The van der Waals surface area contributed by atoms with E-state index < -0.39 is 6.04 Å². The number of hydrogen-bond donors (Lipinski definition) is 0. The van der Waals surface area contributed by atoms with Gasteiger partial charge in [-0.15, -0.1) is 0 Å². The quantitative estimate of drug-likeness (QED) is 0.391. The molecule has 2 atom stereocenters. The number of hydrogen-bond acceptors (Lipinski definition) is 2. The molecule has 0 spiro atoms. The highest BCUT2D eigenvalue weighted by Crippen LogP contribution is 2.14. The average molecular weight is 263 g/mol. The zero-order valence-electron chi connectivity index (χ0n) is 11.8. The minimum Gasteiger partial charge on any atom is -0.264 e. The molecule has 0 fully saturated rings. The number of rotatable bonds is 9. The van der Waals surface area contributed by atoms with Crippen LogP contribution >= 0.6 is 0 Å². The van der Waals surface area contributed by atoms with Crippen LogP contribution in [0.25, 0.3) is 0 Å². The van der Waals surface area contributed by atoms with Crippen LogP contribution in [-0.4, -0.2) is 24.1 Å². The van der Waals surface area contributed by atoms with Crippen molar-refractivity contribution in [3.05, 3.63) is 46.0 Å². The fraction of sp³-hybridized carbons (Fsp3) is 0.600. The molecule has 1 aromatic carbocycles. The summed E-state index contributed by atoms with van der Waals surface area (Å²) in [5.74, 6) is 0.269. The van der Waals surface area contributed by atoms with Gasteiger partial charge < -0.3 is 0 Å². The van der Waals surface area contributed by atoms with Crippen molar-refractivity contribution in [3.63, 3.8) is 0 Å². The van der Waals surface area contributed by atoms with Gasteiger partial charge >= 0.3 is 0 Å². The van der Waals surface area contributed by atoms with Crippen LogP contribution in [0.15, 0.2) is 30.3 Å². The van der Waals surface area contributed by atoms with Crippen molar-refractivity contribution in [2.75, 3.05) is 13.1 Å². The van der Waals surface area contributed by atoms with Crippen LogP contribution in [0.5, 0.6) is 0 Å². The van der Waals surface area contributed by atoms with E-state index in [4.69, 9.17) is 0 Å². The Morgan fingerprint density at radius 1 is 1.32 bits per heavy atom. The molecule has 0 aliphatic carbocycles. The predicted octanol–water partition coefficient (Wildman–Crippen LogP) is 2.92. The summed E-state index contributed by atoms with van der Waals surface area (Å²) >= 11 is 0. The first-order valence-corrected chi connectivity index (χ1v) is 6.94. The van der Waals surface area contributed by atoms with Gasteiger partial charge in [0.25, 0.3) is 0 Å². The summed E-state index contributed by atoms with van der Waals surface area (Å²) in [5.41, 5.74) is 1.03. The van der Waals surface area contributed by atoms with Crippen molar-refractivity contribution in [1.82, 2.24) is 5.32 Å². The van der Waals surface area contributed by atoms with Gasteiger partial charge in [-0.05, 0) is 17.9 Å². The molecule has 0 bridgehead atoms. The molecule has 0 aliphatic heterocycles. The smallest absolute Gasteiger partial charge is 0.217 e. The second kappa shape index (κ2) is 8.64. The van der Waals surface area contributed by atoms with Gasteiger partial charge in [0.2, 0.25) is 6.04 Å². The van der Waals surface area contributed by atoms with Gasteiger partial charge in [-0.3, -0.25) is 10.1 Å². The normalized spacial score (nSPS) is 14.0. The summed E-state index contributed by atoms with van der Waals surface area (Å²) in [5, 5.41) is 15.5. The molecule has 0 amide bonds. The second-order valence-corrected chi connectivity index (χ2v) is 5.10. The van der Waals surface area contributed by atoms with Crippen LogP contribution in [-0.2, 0) is 6.42 Å². The van der Waals surface area contributed by atoms with Gasteiger partial charge in [0, 0.05) is 30.9 Å². The first-order valence-electron chi connectivity index (χ1n) is 6.94. The molecule has 2 unspecified atom stereocenters. The van der Waals surface area contributed by atoms with E-state index in [1.165, 1.54) is 0 Å². The van der Waals surface area contributed by atoms with Crippen molar-refractivity contribution in [2.24, 2.45) is 5.92 Å². The van der Waals surface area contributed by atoms with E-state index in [0.29, 0.717) is 12.8 Å². The summed E-state index contributed by atoms with van der Waals surface area (Å²) in [6.07, 6.45) is 2.14. The molecule has 4 nitrogen and oxygen atoms in total. The Labute approximate surface area is 115 Å². The highest BCUT2D eigenvalue weighted by Gasteiger charge is 2.23. The topological polar surface area (TPSA) is 57.2 Å². The molecule has 4 heteroatoms. The maximum atomic E-state index is 11.1. The molecule has 0 heterocycles. The Bertz CT molecular complexity index is 368. The van der Waals surface area contributed by atoms with Crippen LogP contribution in [0.2, 0.25) is 0 Å². The molecular formula is C15H23N2O2. The summed E-state index contributed by atoms with van der Waals surface area (Å²) in [7, 11) is 0. The molecule has 0 saturated heterocycles. The van der Waals surface area contributed by atoms with Gasteiger partial charge in [-0.1, -0.05) is 44.2 Å². The van der Waals surface area contributed by atoms with Crippen LogP contribution < -0.4 is 5.32 Å². The van der Waals surface area contributed by atoms with Crippen molar-refractivity contribution in [1.29, 1.82) is 0 Å². The molecule has 1 aromatic rings. The fourth-order valence-electron chi connectivity index (χ4n) is 2.14. The van der Waals surface area contributed by atoms with Crippen LogP contribution in [0.3, 0.4) is 0 Å². The molecular weight excluding hydrogens is 240 g/mol. The molecule has 1 radical (unpaired) electrons. The minimum absolute atomic E-state index is 0.149. The van der Waals surface area contributed by atoms with Crippen molar-refractivity contribution < 1.29 is 4.92 Å².